The van der Waals surface area contributed by atoms with Crippen molar-refractivity contribution in [2.24, 2.45) is 0 Å². The highest BCUT2D eigenvalue weighted by Gasteiger charge is 2.10. The van der Waals surface area contributed by atoms with Gasteiger partial charge in [-0.15, -0.1) is 5.10 Å². The van der Waals surface area contributed by atoms with E-state index in [4.69, 9.17) is 4.52 Å². The van der Waals surface area contributed by atoms with Gasteiger partial charge in [-0.1, -0.05) is 30.8 Å². The van der Waals surface area contributed by atoms with E-state index in [9.17, 15) is 0 Å². The number of aromatic nitrogens is 6. The number of nitrogens with one attached hydrogen (secondary N) is 1. The summed E-state index contributed by atoms with van der Waals surface area (Å²) in [6, 6.07) is 0. The fraction of sp³-hybridized carbons (Fsp3) is 0.727. The highest BCUT2D eigenvalue weighted by atomic mass is 32.2. The molecule has 0 spiro atoms. The van der Waals surface area contributed by atoms with Crippen LogP contribution in [0.4, 0.5) is 0 Å². The lowest BCUT2D eigenvalue weighted by atomic mass is 10.3. The molecule has 0 atom stereocenters. The second-order valence-corrected chi connectivity index (χ2v) is 5.12. The molecule has 20 heavy (non-hydrogen) atoms. The molecule has 0 bridgehead atoms. The molecule has 0 unspecified atom stereocenters. The van der Waals surface area contributed by atoms with E-state index in [0.717, 1.165) is 43.5 Å². The van der Waals surface area contributed by atoms with Crippen molar-refractivity contribution >= 4 is 11.8 Å². The standard InChI is InChI=1S/C11H19N7OS/c1-3-5-9-13-10(19-15-9)8-20-11-14-16-17-18(11)7-6-12-4-2/h12H,3-8H2,1-2H3. The third-order valence-corrected chi connectivity index (χ3v) is 3.50. The Hall–Kier alpha value is -1.48. The van der Waals surface area contributed by atoms with E-state index in [-0.39, 0.29) is 0 Å². The number of aryl methyl sites for hydroxylation is 1. The Morgan fingerprint density at radius 3 is 3.05 bits per heavy atom. The molecule has 2 aromatic rings. The van der Waals surface area contributed by atoms with Crippen LogP contribution in [0.25, 0.3) is 0 Å². The molecule has 0 fully saturated rings. The summed E-state index contributed by atoms with van der Waals surface area (Å²) in [5.41, 5.74) is 0. The van der Waals surface area contributed by atoms with Crippen molar-refractivity contribution in [1.82, 2.24) is 35.7 Å². The van der Waals surface area contributed by atoms with Gasteiger partial charge in [-0.25, -0.2) is 4.68 Å². The summed E-state index contributed by atoms with van der Waals surface area (Å²) >= 11 is 1.50. The highest BCUT2D eigenvalue weighted by Crippen LogP contribution is 2.18. The molecule has 9 heteroatoms. The molecule has 0 amide bonds. The van der Waals surface area contributed by atoms with Gasteiger partial charge in [0.2, 0.25) is 11.0 Å². The number of likely N-dealkylation sites (N-methyl/N-ethyl adjacent to an activating group) is 1. The van der Waals surface area contributed by atoms with Gasteiger partial charge in [0.15, 0.2) is 5.82 Å². The Balaban J connectivity index is 1.85. The van der Waals surface area contributed by atoms with Gasteiger partial charge in [0.05, 0.1) is 12.3 Å². The summed E-state index contributed by atoms with van der Waals surface area (Å²) in [5, 5.41) is 19.6. The van der Waals surface area contributed by atoms with Crippen LogP contribution in [-0.2, 0) is 18.7 Å². The van der Waals surface area contributed by atoms with Gasteiger partial charge < -0.3 is 9.84 Å². The van der Waals surface area contributed by atoms with E-state index < -0.39 is 0 Å². The number of rotatable bonds is 9. The smallest absolute Gasteiger partial charge is 0.237 e. The van der Waals surface area contributed by atoms with Crippen LogP contribution in [-0.4, -0.2) is 43.4 Å². The molecule has 2 heterocycles. The van der Waals surface area contributed by atoms with Crippen molar-refractivity contribution in [3.05, 3.63) is 11.7 Å². The molecule has 0 aliphatic rings. The first-order valence-corrected chi connectivity index (χ1v) is 7.73. The minimum absolute atomic E-state index is 0.582. The summed E-state index contributed by atoms with van der Waals surface area (Å²) < 4.78 is 6.96. The predicted octanol–water partition coefficient (Wildman–Crippen LogP) is 0.910. The van der Waals surface area contributed by atoms with Gasteiger partial charge in [-0.2, -0.15) is 4.98 Å². The maximum Gasteiger partial charge on any atom is 0.237 e. The van der Waals surface area contributed by atoms with Gasteiger partial charge in [0.25, 0.3) is 0 Å². The quantitative estimate of drug-likeness (QED) is 0.539. The van der Waals surface area contributed by atoms with E-state index in [1.807, 2.05) is 0 Å². The molecule has 0 saturated heterocycles. The molecule has 2 aromatic heterocycles. The lowest BCUT2D eigenvalue weighted by Gasteiger charge is -2.03. The first-order valence-electron chi connectivity index (χ1n) is 6.74. The molecule has 110 valence electrons. The normalized spacial score (nSPS) is 11.1. The summed E-state index contributed by atoms with van der Waals surface area (Å²) in [5.74, 6) is 1.95. The van der Waals surface area contributed by atoms with Gasteiger partial charge >= 0.3 is 0 Å². The van der Waals surface area contributed by atoms with Gasteiger partial charge in [0.1, 0.15) is 0 Å². The molecule has 8 nitrogen and oxygen atoms in total. The van der Waals surface area contributed by atoms with Gasteiger partial charge in [0, 0.05) is 13.0 Å². The minimum atomic E-state index is 0.582. The molecular formula is C11H19N7OS. The average Bonchev–Trinajstić information content (AvgIpc) is 3.06. The zero-order valence-electron chi connectivity index (χ0n) is 11.7. The van der Waals surface area contributed by atoms with E-state index in [2.05, 4.69) is 44.8 Å². The lowest BCUT2D eigenvalue weighted by molar-refractivity contribution is 0.384. The van der Waals surface area contributed by atoms with Crippen LogP contribution in [0.15, 0.2) is 9.68 Å². The van der Waals surface area contributed by atoms with Crippen molar-refractivity contribution in [1.29, 1.82) is 0 Å². The van der Waals surface area contributed by atoms with Crippen LogP contribution >= 0.6 is 11.8 Å². The van der Waals surface area contributed by atoms with Crippen LogP contribution in [0, 0.1) is 0 Å². The second-order valence-electron chi connectivity index (χ2n) is 4.18. The fourth-order valence-electron chi connectivity index (χ4n) is 1.60. The number of nitrogens with zero attached hydrogens (tertiary/aromatic N) is 6. The molecular weight excluding hydrogens is 278 g/mol. The molecule has 2 rings (SSSR count). The maximum atomic E-state index is 5.18. The number of thioether (sulfide) groups is 1. The molecule has 0 aliphatic carbocycles. The van der Waals surface area contributed by atoms with Crippen LogP contribution in [0.3, 0.4) is 0 Å². The molecule has 0 aliphatic heterocycles. The van der Waals surface area contributed by atoms with Gasteiger partial charge in [-0.05, 0) is 23.4 Å². The first-order chi connectivity index (χ1) is 9.83. The molecule has 0 aromatic carbocycles. The first kappa shape index (κ1) is 14.9. The van der Waals surface area contributed by atoms with Crippen molar-refractivity contribution in [3.63, 3.8) is 0 Å². The summed E-state index contributed by atoms with van der Waals surface area (Å²) in [7, 11) is 0. The minimum Gasteiger partial charge on any atom is -0.338 e. The van der Waals surface area contributed by atoms with E-state index in [0.29, 0.717) is 11.6 Å². The molecule has 0 radical (unpaired) electrons. The van der Waals surface area contributed by atoms with Crippen LogP contribution in [0.5, 0.6) is 0 Å². The van der Waals surface area contributed by atoms with Crippen molar-refractivity contribution < 1.29 is 4.52 Å². The Labute approximate surface area is 121 Å². The monoisotopic (exact) mass is 297 g/mol. The summed E-state index contributed by atoms with van der Waals surface area (Å²) in [6.07, 6.45) is 1.85. The zero-order chi connectivity index (χ0) is 14.2. The Morgan fingerprint density at radius 1 is 1.35 bits per heavy atom. The Morgan fingerprint density at radius 2 is 2.25 bits per heavy atom. The van der Waals surface area contributed by atoms with Crippen LogP contribution in [0.1, 0.15) is 32.0 Å². The summed E-state index contributed by atoms with van der Waals surface area (Å²) in [6.45, 7) is 6.68. The third kappa shape index (κ3) is 4.27. The maximum absolute atomic E-state index is 5.18. The summed E-state index contributed by atoms with van der Waals surface area (Å²) in [4.78, 5) is 4.32. The lowest BCUT2D eigenvalue weighted by Crippen LogP contribution is -2.20. The zero-order valence-corrected chi connectivity index (χ0v) is 12.6. The molecule has 0 saturated carbocycles. The van der Waals surface area contributed by atoms with Crippen molar-refractivity contribution in [2.75, 3.05) is 13.1 Å². The number of tetrazole rings is 1. The Bertz CT molecular complexity index is 512. The van der Waals surface area contributed by atoms with Crippen LogP contribution < -0.4 is 5.32 Å². The van der Waals surface area contributed by atoms with E-state index in [1.165, 1.54) is 11.8 Å². The van der Waals surface area contributed by atoms with Crippen molar-refractivity contribution in [2.45, 2.75) is 44.1 Å². The topological polar surface area (TPSA) is 94.5 Å². The SMILES string of the molecule is CCCc1noc(CSc2nnnn2CCNCC)n1. The molecule has 1 N–H and O–H groups in total. The van der Waals surface area contributed by atoms with Gasteiger partial charge in [-0.3, -0.25) is 0 Å². The second kappa shape index (κ2) is 7.95. The largest absolute Gasteiger partial charge is 0.338 e. The van der Waals surface area contributed by atoms with Crippen LogP contribution in [0.2, 0.25) is 0 Å². The van der Waals surface area contributed by atoms with E-state index in [1.54, 1.807) is 4.68 Å². The van der Waals surface area contributed by atoms with Crippen molar-refractivity contribution in [3.8, 4) is 0 Å². The number of hydrogen-bond donors (Lipinski definition) is 1. The average molecular weight is 297 g/mol. The highest BCUT2D eigenvalue weighted by molar-refractivity contribution is 7.98. The third-order valence-electron chi connectivity index (χ3n) is 2.56. The predicted molar refractivity (Wildman–Crippen MR) is 74.2 cm³/mol. The van der Waals surface area contributed by atoms with E-state index >= 15 is 0 Å². The fourth-order valence-corrected chi connectivity index (χ4v) is 2.34. The Kier molecular flexibility index (Phi) is 5.93. The number of hydrogen-bond acceptors (Lipinski definition) is 8.